The van der Waals surface area contributed by atoms with Crippen LogP contribution in [-0.2, 0) is 42.7 Å². The summed E-state index contributed by atoms with van der Waals surface area (Å²) < 4.78 is 158. The Balaban J connectivity index is 0.000000144. The number of benzene rings is 4. The third-order valence-electron chi connectivity index (χ3n) is 17.0. The van der Waals surface area contributed by atoms with Gasteiger partial charge in [-0.25, -0.2) is 37.1 Å². The highest BCUT2D eigenvalue weighted by Gasteiger charge is 2.45. The standard InChI is InChI=1S/C29H29F3N4O5S2.C22H25F3N2O3.C7H5ClN2O2S2/c30-29(31,32)40-23-4-2-1-3-20(23)26-21(27(41-36-26)15-5-6-15)14-39-18-11-16-7-8-17(12-18)25(16)35-28-34-22-10-9-19(43(33,37)38)13-24(22)42-28;23-22(24,25)29-18-4-2-1-3-16(18)20-17(21(30-27-20)12-5-6-12)11-28-15-9-13-7-8-14(10-15)19(13)26;8-7-10-5-2-1-4(14(9,11)12)3-6(5)13-7/h1-4,9-10,13,15-18,25H,5-8,11-12,14H2,(H,34,35)(H2,33,37,38);1-4,12-15,19H,5-11,26H2;1-3H,(H2,9,11,12). The summed E-state index contributed by atoms with van der Waals surface area (Å²) in [5, 5.41) is 22.9. The van der Waals surface area contributed by atoms with Gasteiger partial charge in [0, 0.05) is 46.2 Å². The van der Waals surface area contributed by atoms with Crippen molar-refractivity contribution < 1.29 is 71.2 Å². The van der Waals surface area contributed by atoms with Gasteiger partial charge >= 0.3 is 12.7 Å². The van der Waals surface area contributed by atoms with Crippen LogP contribution in [0.4, 0.5) is 31.5 Å². The van der Waals surface area contributed by atoms with Crippen molar-refractivity contribution in [2.75, 3.05) is 5.32 Å². The maximum absolute atomic E-state index is 13.1. The zero-order valence-electron chi connectivity index (χ0n) is 46.1. The van der Waals surface area contributed by atoms with E-state index in [1.807, 2.05) is 0 Å². The summed E-state index contributed by atoms with van der Waals surface area (Å²) in [6.45, 7) is 0.460. The van der Waals surface area contributed by atoms with Crippen molar-refractivity contribution in [3.63, 3.8) is 0 Å². The number of fused-ring (bicyclic) bond motifs is 6. The molecule has 4 heterocycles. The maximum Gasteiger partial charge on any atom is 0.573 e. The van der Waals surface area contributed by atoms with Crippen LogP contribution in [0.15, 0.2) is 104 Å². The number of nitrogens with one attached hydrogen (secondary N) is 1. The molecule has 14 rings (SSSR count). The smallest absolute Gasteiger partial charge is 0.405 e. The lowest BCUT2D eigenvalue weighted by Crippen LogP contribution is -2.40. The Morgan fingerprint density at radius 1 is 0.586 bits per heavy atom. The van der Waals surface area contributed by atoms with Crippen molar-refractivity contribution in [1.82, 2.24) is 20.3 Å². The molecular weight excluding hydrogens is 1250 g/mol. The van der Waals surface area contributed by atoms with E-state index in [-0.39, 0.29) is 81.8 Å². The summed E-state index contributed by atoms with van der Waals surface area (Å²) in [7, 11) is -7.45. The summed E-state index contributed by atoms with van der Waals surface area (Å²) in [4.78, 5) is 8.78. The summed E-state index contributed by atoms with van der Waals surface area (Å²) >= 11 is 8.30. The number of hydrogen-bond donors (Lipinski definition) is 4. The molecule has 29 heteroatoms. The first-order chi connectivity index (χ1) is 41.4. The molecule has 0 spiro atoms. The molecule has 18 nitrogen and oxygen atoms in total. The van der Waals surface area contributed by atoms with Crippen molar-refractivity contribution in [3.05, 3.63) is 112 Å². The second-order valence-electron chi connectivity index (χ2n) is 23.0. The zero-order chi connectivity index (χ0) is 61.2. The molecule has 6 fully saturated rings. The Morgan fingerprint density at radius 2 is 1.01 bits per heavy atom. The van der Waals surface area contributed by atoms with E-state index < -0.39 is 32.8 Å². The zero-order valence-corrected chi connectivity index (χ0v) is 50.2. The van der Waals surface area contributed by atoms with Gasteiger partial charge < -0.3 is 39.0 Å². The van der Waals surface area contributed by atoms with Crippen molar-refractivity contribution in [2.24, 2.45) is 39.7 Å². The van der Waals surface area contributed by atoms with Crippen LogP contribution in [0, 0.1) is 23.7 Å². The molecule has 4 atom stereocenters. The lowest BCUT2D eigenvalue weighted by Gasteiger charge is -2.35. The molecular formula is C58H59ClF6N8O10S4. The number of para-hydroxylation sites is 2. The van der Waals surface area contributed by atoms with Crippen molar-refractivity contribution in [2.45, 2.75) is 149 Å². The van der Waals surface area contributed by atoms with Crippen LogP contribution >= 0.6 is 34.3 Å². The molecule has 8 aromatic rings. The van der Waals surface area contributed by atoms with Crippen LogP contribution in [0.25, 0.3) is 42.9 Å². The number of thiazole rings is 2. The number of rotatable bonds is 16. The van der Waals surface area contributed by atoms with Gasteiger partial charge in [0.05, 0.1) is 55.6 Å². The first kappa shape index (κ1) is 61.3. The first-order valence-corrected chi connectivity index (χ1v) is 33.4. The Hall–Kier alpha value is -5.95. The van der Waals surface area contributed by atoms with E-state index >= 15 is 0 Å². The number of alkyl halides is 6. The Labute approximate surface area is 508 Å². The van der Waals surface area contributed by atoms with Gasteiger partial charge in [-0.2, -0.15) is 0 Å². The largest absolute Gasteiger partial charge is 0.573 e. The van der Waals surface area contributed by atoms with E-state index in [1.54, 1.807) is 42.5 Å². The summed E-state index contributed by atoms with van der Waals surface area (Å²) in [5.41, 5.74) is 10.3. The normalized spacial score (nSPS) is 23.7. The van der Waals surface area contributed by atoms with Gasteiger partial charge in [0.1, 0.15) is 34.4 Å². The number of nitrogens with zero attached hydrogens (tertiary/aromatic N) is 4. The van der Waals surface area contributed by atoms with Gasteiger partial charge in [-0.05, 0) is 161 Å². The predicted molar refractivity (Wildman–Crippen MR) is 312 cm³/mol. The molecule has 87 heavy (non-hydrogen) atoms. The lowest BCUT2D eigenvalue weighted by atomic mass is 9.82. The van der Waals surface area contributed by atoms with E-state index in [1.165, 1.54) is 65.1 Å². The summed E-state index contributed by atoms with van der Waals surface area (Å²) in [6.07, 6.45) is 2.30. The second kappa shape index (κ2) is 24.4. The highest BCUT2D eigenvalue weighted by molar-refractivity contribution is 7.89. The number of halogens is 7. The van der Waals surface area contributed by atoms with Crippen LogP contribution in [0.2, 0.25) is 4.47 Å². The molecule has 6 saturated carbocycles. The van der Waals surface area contributed by atoms with Gasteiger partial charge in [0.15, 0.2) is 9.60 Å². The number of anilines is 1. The minimum Gasteiger partial charge on any atom is -0.405 e. The third-order valence-corrected chi connectivity index (χ3v) is 20.9. The quantitative estimate of drug-likeness (QED) is 0.0655. The predicted octanol–water partition coefficient (Wildman–Crippen LogP) is 13.3. The monoisotopic (exact) mass is 1300 g/mol. The number of sulfonamides is 2. The Morgan fingerprint density at radius 3 is 1.46 bits per heavy atom. The SMILES string of the molecule is NC1C2CCC1CC(OCc1c(-c3ccccc3OC(F)(F)F)noc1C1CC1)C2.NS(=O)(=O)c1ccc2nc(Cl)sc2c1.NS(=O)(=O)c1ccc2nc(NC3C4CCC3CC(OCc3c(-c5ccccc5OC(F)(F)F)noc3C3CC3)C4)sc2c1. The minimum absolute atomic E-state index is 0.0142. The molecule has 0 amide bonds. The summed E-state index contributed by atoms with van der Waals surface area (Å²) in [5.74, 6) is 2.97. The van der Waals surface area contributed by atoms with Crippen LogP contribution in [-0.4, -0.2) is 74.1 Å². The van der Waals surface area contributed by atoms with Crippen molar-refractivity contribution >= 4 is 79.9 Å². The fraction of sp³-hybridized carbons (Fsp3) is 0.448. The van der Waals surface area contributed by atoms with Gasteiger partial charge in [-0.15, -0.1) is 37.7 Å². The number of aromatic nitrogens is 4. The second-order valence-corrected chi connectivity index (χ2v) is 28.7. The van der Waals surface area contributed by atoms with E-state index in [9.17, 15) is 43.2 Å². The number of ether oxygens (including phenoxy) is 4. The van der Waals surface area contributed by atoms with E-state index in [2.05, 4.69) is 35.1 Å². The van der Waals surface area contributed by atoms with E-state index in [0.717, 1.165) is 98.2 Å². The van der Waals surface area contributed by atoms with Gasteiger partial charge in [-0.1, -0.05) is 57.5 Å². The third kappa shape index (κ3) is 14.4. The average Bonchev–Trinajstić information content (AvgIpc) is 2.11. The van der Waals surface area contributed by atoms with Gasteiger partial charge in [-0.3, -0.25) is 0 Å². The summed E-state index contributed by atoms with van der Waals surface area (Å²) in [6, 6.07) is 21.6. The van der Waals surface area contributed by atoms with Crippen LogP contribution in [0.5, 0.6) is 11.5 Å². The lowest BCUT2D eigenvalue weighted by molar-refractivity contribution is -0.275. The molecule has 0 saturated heterocycles. The number of nitrogens with two attached hydrogens (primary N) is 3. The van der Waals surface area contributed by atoms with Crippen molar-refractivity contribution in [3.8, 4) is 34.0 Å². The minimum atomic E-state index is -4.83. The molecule has 4 unspecified atom stereocenters. The number of hydrogen-bond acceptors (Lipinski definition) is 18. The molecule has 6 aliphatic rings. The fourth-order valence-electron chi connectivity index (χ4n) is 12.7. The highest BCUT2D eigenvalue weighted by atomic mass is 35.5. The molecule has 6 aliphatic carbocycles. The molecule has 4 aromatic carbocycles. The molecule has 4 aromatic heterocycles. The molecule has 7 N–H and O–H groups in total. The Kier molecular flexibility index (Phi) is 17.2. The Bertz CT molecular complexity index is 4010. The molecule has 464 valence electrons. The van der Waals surface area contributed by atoms with Crippen LogP contribution < -0.4 is 30.8 Å². The fourth-order valence-corrected chi connectivity index (χ4v) is 15.9. The van der Waals surface area contributed by atoms with Crippen LogP contribution in [0.1, 0.15) is 112 Å². The topological polar surface area (TPSA) is 273 Å². The molecule has 4 bridgehead atoms. The first-order valence-electron chi connectivity index (χ1n) is 28.3. The molecule has 0 radical (unpaired) electrons. The van der Waals surface area contributed by atoms with E-state index in [0.29, 0.717) is 66.6 Å². The number of primary sulfonamides is 2. The van der Waals surface area contributed by atoms with Gasteiger partial charge in [0.25, 0.3) is 0 Å². The molecule has 0 aliphatic heterocycles. The van der Waals surface area contributed by atoms with Crippen LogP contribution in [0.3, 0.4) is 0 Å². The average molecular weight is 1310 g/mol. The van der Waals surface area contributed by atoms with E-state index in [4.69, 9.17) is 46.1 Å². The highest BCUT2D eigenvalue weighted by Crippen LogP contribution is 2.50. The van der Waals surface area contributed by atoms with Crippen molar-refractivity contribution in [1.29, 1.82) is 0 Å². The van der Waals surface area contributed by atoms with Gasteiger partial charge in [0.2, 0.25) is 20.0 Å². The maximum atomic E-state index is 13.1.